The van der Waals surface area contributed by atoms with Crippen LogP contribution in [-0.2, 0) is 16.0 Å². The molecule has 12 nitrogen and oxygen atoms in total. The van der Waals surface area contributed by atoms with Gasteiger partial charge in [-0.25, -0.2) is 4.98 Å². The number of anilines is 1. The first-order valence-electron chi connectivity index (χ1n) is 16.8. The number of carbonyl (C=O) groups is 4. The molecule has 4 heterocycles. The van der Waals surface area contributed by atoms with Crippen LogP contribution < -0.4 is 21.3 Å². The van der Waals surface area contributed by atoms with Crippen LogP contribution in [0, 0.1) is 6.92 Å². The number of pyridine rings is 2. The van der Waals surface area contributed by atoms with Gasteiger partial charge in [0, 0.05) is 55.9 Å². The van der Waals surface area contributed by atoms with Crippen molar-refractivity contribution in [1.82, 2.24) is 35.8 Å². The normalized spacial score (nSPS) is 16.6. The molecule has 2 bridgehead atoms. The van der Waals surface area contributed by atoms with Crippen LogP contribution in [-0.4, -0.2) is 82.2 Å². The SMILES string of the molecule is Cc1nccc(-c2ccccc2)c1C(=O)N1CCCCNC(=O)[C@H](Cc2c[nH]c3ccccc23)NC(=O)c2cccc(n2)NCCNC(=O)C1. The molecule has 0 unspecified atom stereocenters. The Morgan fingerprint density at radius 2 is 1.66 bits per heavy atom. The maximum absolute atomic E-state index is 14.2. The topological polar surface area (TPSA) is 161 Å². The predicted octanol–water partition coefficient (Wildman–Crippen LogP) is 3.85. The third-order valence-corrected chi connectivity index (χ3v) is 8.67. The van der Waals surface area contributed by atoms with E-state index in [0.717, 1.165) is 27.6 Å². The average Bonchev–Trinajstić information content (AvgIpc) is 3.54. The zero-order valence-electron chi connectivity index (χ0n) is 27.9. The Morgan fingerprint density at radius 3 is 2.52 bits per heavy atom. The van der Waals surface area contributed by atoms with E-state index in [0.29, 0.717) is 43.0 Å². The van der Waals surface area contributed by atoms with E-state index in [4.69, 9.17) is 0 Å². The molecule has 12 heteroatoms. The number of amides is 4. The minimum atomic E-state index is -0.868. The molecule has 0 aliphatic carbocycles. The first kappa shape index (κ1) is 33.8. The first-order valence-corrected chi connectivity index (χ1v) is 16.8. The van der Waals surface area contributed by atoms with Crippen molar-refractivity contribution in [3.8, 4) is 11.1 Å². The zero-order chi connectivity index (χ0) is 34.9. The van der Waals surface area contributed by atoms with Crippen LogP contribution in [0.4, 0.5) is 5.82 Å². The van der Waals surface area contributed by atoms with Crippen molar-refractivity contribution >= 4 is 40.3 Å². The minimum absolute atomic E-state index is 0.146. The number of H-pyrrole nitrogens is 1. The number of nitrogens with one attached hydrogen (secondary N) is 5. The lowest BCUT2D eigenvalue weighted by Gasteiger charge is -2.24. The fourth-order valence-corrected chi connectivity index (χ4v) is 6.11. The zero-order valence-corrected chi connectivity index (χ0v) is 27.9. The number of benzene rings is 2. The molecule has 1 aliphatic heterocycles. The molecular formula is C38H40N8O4. The molecule has 5 aromatic rings. The highest BCUT2D eigenvalue weighted by atomic mass is 16.2. The van der Waals surface area contributed by atoms with Gasteiger partial charge in [-0.05, 0) is 60.7 Å². The Kier molecular flexibility index (Phi) is 10.8. The van der Waals surface area contributed by atoms with Crippen LogP contribution in [0.25, 0.3) is 22.0 Å². The fourth-order valence-electron chi connectivity index (χ4n) is 6.11. The third-order valence-electron chi connectivity index (χ3n) is 8.67. The number of nitrogens with zero attached hydrogens (tertiary/aromatic N) is 3. The van der Waals surface area contributed by atoms with E-state index in [1.807, 2.05) is 66.9 Å². The maximum atomic E-state index is 14.2. The molecule has 0 radical (unpaired) electrons. The fraction of sp³-hybridized carbons (Fsp3) is 0.263. The van der Waals surface area contributed by atoms with Crippen LogP contribution in [0.5, 0.6) is 0 Å². The molecule has 0 saturated heterocycles. The van der Waals surface area contributed by atoms with Gasteiger partial charge in [-0.15, -0.1) is 0 Å². The van der Waals surface area contributed by atoms with Gasteiger partial charge >= 0.3 is 0 Å². The first-order chi connectivity index (χ1) is 24.4. The Morgan fingerprint density at radius 1 is 0.860 bits per heavy atom. The number of aromatic nitrogens is 3. The monoisotopic (exact) mass is 672 g/mol. The minimum Gasteiger partial charge on any atom is -0.368 e. The summed E-state index contributed by atoms with van der Waals surface area (Å²) in [6, 6.07) is 23.4. The van der Waals surface area contributed by atoms with E-state index >= 15 is 0 Å². The van der Waals surface area contributed by atoms with Gasteiger partial charge in [-0.2, -0.15) is 0 Å². The van der Waals surface area contributed by atoms with E-state index in [-0.39, 0.29) is 49.5 Å². The second-order valence-electron chi connectivity index (χ2n) is 12.2. The number of aromatic amines is 1. The molecule has 50 heavy (non-hydrogen) atoms. The second kappa shape index (κ2) is 15.9. The molecule has 6 rings (SSSR count). The number of aryl methyl sites for hydroxylation is 1. The highest BCUT2D eigenvalue weighted by Gasteiger charge is 2.26. The van der Waals surface area contributed by atoms with Gasteiger partial charge in [-0.3, -0.25) is 24.2 Å². The number of para-hydroxylation sites is 1. The van der Waals surface area contributed by atoms with Gasteiger partial charge in [0.05, 0.1) is 17.8 Å². The van der Waals surface area contributed by atoms with Crippen molar-refractivity contribution in [2.45, 2.75) is 32.2 Å². The summed E-state index contributed by atoms with van der Waals surface area (Å²) in [5.74, 6) is -0.966. The average molecular weight is 673 g/mol. The van der Waals surface area contributed by atoms with Gasteiger partial charge in [0.2, 0.25) is 11.8 Å². The Bertz CT molecular complexity index is 1990. The van der Waals surface area contributed by atoms with Gasteiger partial charge in [0.25, 0.3) is 11.8 Å². The molecule has 0 saturated carbocycles. The summed E-state index contributed by atoms with van der Waals surface area (Å²) in [6.07, 6.45) is 4.86. The second-order valence-corrected chi connectivity index (χ2v) is 12.2. The summed E-state index contributed by atoms with van der Waals surface area (Å²) in [7, 11) is 0. The lowest BCUT2D eigenvalue weighted by Crippen LogP contribution is -2.48. The van der Waals surface area contributed by atoms with Crippen molar-refractivity contribution in [2.24, 2.45) is 0 Å². The molecule has 1 aliphatic rings. The largest absolute Gasteiger partial charge is 0.368 e. The molecule has 1 atom stereocenters. The molecule has 5 N–H and O–H groups in total. The summed E-state index contributed by atoms with van der Waals surface area (Å²) in [5.41, 5.74) is 4.63. The summed E-state index contributed by atoms with van der Waals surface area (Å²) < 4.78 is 0. The molecule has 2 aromatic carbocycles. The van der Waals surface area contributed by atoms with Crippen LogP contribution >= 0.6 is 0 Å². The Balaban J connectivity index is 1.23. The number of carbonyl (C=O) groups excluding carboxylic acids is 4. The van der Waals surface area contributed by atoms with Gasteiger partial charge in [-0.1, -0.05) is 54.6 Å². The Labute approximate surface area is 290 Å². The van der Waals surface area contributed by atoms with Crippen LogP contribution in [0.1, 0.15) is 44.9 Å². The van der Waals surface area contributed by atoms with Crippen molar-refractivity contribution in [2.75, 3.05) is 38.0 Å². The van der Waals surface area contributed by atoms with E-state index in [1.165, 1.54) is 0 Å². The lowest BCUT2D eigenvalue weighted by atomic mass is 9.98. The summed E-state index contributed by atoms with van der Waals surface area (Å²) in [5, 5.41) is 12.8. The third kappa shape index (κ3) is 8.15. The number of hydrogen-bond donors (Lipinski definition) is 5. The quantitative estimate of drug-likeness (QED) is 0.194. The van der Waals surface area contributed by atoms with Gasteiger partial charge < -0.3 is 31.2 Å². The molecule has 0 fully saturated rings. The van der Waals surface area contributed by atoms with Gasteiger partial charge in [0.15, 0.2) is 0 Å². The summed E-state index contributed by atoms with van der Waals surface area (Å²) in [6.45, 7) is 2.85. The molecule has 0 spiro atoms. The van der Waals surface area contributed by atoms with E-state index in [9.17, 15) is 19.2 Å². The number of fused-ring (bicyclic) bond motifs is 3. The molecule has 256 valence electrons. The summed E-state index contributed by atoms with van der Waals surface area (Å²) >= 11 is 0. The predicted molar refractivity (Wildman–Crippen MR) is 192 cm³/mol. The van der Waals surface area contributed by atoms with Crippen molar-refractivity contribution in [1.29, 1.82) is 0 Å². The van der Waals surface area contributed by atoms with Crippen molar-refractivity contribution in [3.63, 3.8) is 0 Å². The van der Waals surface area contributed by atoms with Crippen LogP contribution in [0.3, 0.4) is 0 Å². The molecule has 4 amide bonds. The van der Waals surface area contributed by atoms with E-state index in [2.05, 4.69) is 36.2 Å². The highest BCUT2D eigenvalue weighted by Crippen LogP contribution is 2.26. The highest BCUT2D eigenvalue weighted by molar-refractivity contribution is 6.03. The molecular weight excluding hydrogens is 632 g/mol. The standard InChI is InChI=1S/C38H40N8O4/c1-25-35(29(16-18-39-25)26-10-3-2-4-11-26)38(50)46-21-8-7-17-42-36(48)32(22-27-23-43-30-13-6-5-12-28(27)30)45-37(49)31-14-9-15-33(44-31)40-19-20-41-34(47)24-46/h2-6,9-16,18,23,32,43H,7-8,17,19-22,24H2,1H3,(H,40,44)(H,41,47)(H,42,48)(H,45,49)/t32-/m0/s1. The maximum Gasteiger partial charge on any atom is 0.270 e. The van der Waals surface area contributed by atoms with E-state index in [1.54, 1.807) is 36.2 Å². The molecule has 3 aromatic heterocycles. The van der Waals surface area contributed by atoms with Crippen LogP contribution in [0.15, 0.2) is 91.3 Å². The van der Waals surface area contributed by atoms with Crippen molar-refractivity contribution in [3.05, 3.63) is 114 Å². The number of hydrogen-bond acceptors (Lipinski definition) is 7. The van der Waals surface area contributed by atoms with Crippen LogP contribution in [0.2, 0.25) is 0 Å². The van der Waals surface area contributed by atoms with E-state index < -0.39 is 11.9 Å². The number of rotatable bonds is 4. The Hall–Kier alpha value is -6.04. The summed E-state index contributed by atoms with van der Waals surface area (Å²) in [4.78, 5) is 67.9. The lowest BCUT2D eigenvalue weighted by molar-refractivity contribution is -0.123. The smallest absolute Gasteiger partial charge is 0.270 e. The van der Waals surface area contributed by atoms with Crippen molar-refractivity contribution < 1.29 is 19.2 Å². The van der Waals surface area contributed by atoms with Gasteiger partial charge in [0.1, 0.15) is 17.6 Å².